The predicted octanol–water partition coefficient (Wildman–Crippen LogP) is 1.68. The molecule has 1 saturated heterocycles. The van der Waals surface area contributed by atoms with E-state index in [0.717, 1.165) is 38.0 Å². The summed E-state index contributed by atoms with van der Waals surface area (Å²) < 4.78 is 15.2. The highest BCUT2D eigenvalue weighted by molar-refractivity contribution is 5.87. The van der Waals surface area contributed by atoms with Crippen LogP contribution in [0.2, 0.25) is 0 Å². The molecule has 18 heavy (non-hydrogen) atoms. The fourth-order valence-corrected chi connectivity index (χ4v) is 2.28. The second kappa shape index (κ2) is 6.02. The first kappa shape index (κ1) is 13.1. The van der Waals surface area contributed by atoms with Crippen LogP contribution in [0.5, 0.6) is 0 Å². The molecule has 100 valence electrons. The van der Waals surface area contributed by atoms with Crippen molar-refractivity contribution in [2.24, 2.45) is 0 Å². The molecule has 0 saturated carbocycles. The number of rotatable bonds is 4. The summed E-state index contributed by atoms with van der Waals surface area (Å²) in [5, 5.41) is 0. The van der Waals surface area contributed by atoms with Crippen LogP contribution in [0.1, 0.15) is 29.0 Å². The van der Waals surface area contributed by atoms with Crippen molar-refractivity contribution in [1.29, 1.82) is 0 Å². The van der Waals surface area contributed by atoms with Gasteiger partial charge in [-0.1, -0.05) is 0 Å². The van der Waals surface area contributed by atoms with Crippen molar-refractivity contribution in [3.8, 4) is 0 Å². The van der Waals surface area contributed by atoms with Crippen LogP contribution in [-0.4, -0.2) is 44.3 Å². The van der Waals surface area contributed by atoms with Crippen LogP contribution in [0.3, 0.4) is 0 Å². The minimum absolute atomic E-state index is 0.311. The summed E-state index contributed by atoms with van der Waals surface area (Å²) in [7, 11) is 3.12. The third-order valence-corrected chi connectivity index (χ3v) is 3.38. The van der Waals surface area contributed by atoms with Gasteiger partial charge in [-0.25, -0.2) is 4.79 Å². The summed E-state index contributed by atoms with van der Waals surface area (Å²) in [5.41, 5.74) is 0.887. The molecule has 5 heteroatoms. The first-order valence-corrected chi connectivity index (χ1v) is 6.14. The number of nitrogens with zero attached hydrogens (tertiary/aromatic N) is 1. The molecule has 1 fully saturated rings. The fraction of sp³-hybridized carbons (Fsp3) is 0.615. The second-order valence-corrected chi connectivity index (χ2v) is 4.48. The molecule has 2 heterocycles. The van der Waals surface area contributed by atoms with Crippen LogP contribution in [0.25, 0.3) is 0 Å². The molecule has 0 atom stereocenters. The van der Waals surface area contributed by atoms with E-state index in [1.807, 2.05) is 6.07 Å². The molecule has 0 amide bonds. The monoisotopic (exact) mass is 253 g/mol. The molecule has 0 aliphatic carbocycles. The van der Waals surface area contributed by atoms with Crippen LogP contribution in [-0.2, 0) is 16.0 Å². The summed E-state index contributed by atoms with van der Waals surface area (Å²) in [6, 6.07) is 1.83. The summed E-state index contributed by atoms with van der Waals surface area (Å²) in [6.07, 6.45) is 3.96. The van der Waals surface area contributed by atoms with Gasteiger partial charge in [-0.2, -0.15) is 0 Å². The Morgan fingerprint density at radius 1 is 1.44 bits per heavy atom. The number of hydrogen-bond donors (Lipinski definition) is 0. The maximum absolute atomic E-state index is 11.5. The molecule has 1 aromatic heterocycles. The Hall–Kier alpha value is -1.33. The van der Waals surface area contributed by atoms with E-state index in [0.29, 0.717) is 11.9 Å². The number of carbonyl (C=O) groups excluding carboxylic acids is 1. The van der Waals surface area contributed by atoms with E-state index in [4.69, 9.17) is 9.15 Å². The molecule has 5 nitrogen and oxygen atoms in total. The molecule has 0 N–H and O–H groups in total. The average Bonchev–Trinajstić information content (AvgIpc) is 2.87. The van der Waals surface area contributed by atoms with E-state index in [-0.39, 0.29) is 0 Å². The van der Waals surface area contributed by atoms with E-state index in [9.17, 15) is 4.79 Å². The lowest BCUT2D eigenvalue weighted by Crippen LogP contribution is -2.36. The van der Waals surface area contributed by atoms with Gasteiger partial charge in [-0.3, -0.25) is 4.90 Å². The van der Waals surface area contributed by atoms with Gasteiger partial charge in [0.15, 0.2) is 0 Å². The van der Waals surface area contributed by atoms with Gasteiger partial charge in [0.05, 0.1) is 19.5 Å². The lowest BCUT2D eigenvalue weighted by Gasteiger charge is -2.30. The Bertz CT molecular complexity index is 393. The number of ether oxygens (including phenoxy) is 2. The van der Waals surface area contributed by atoms with Crippen LogP contribution in [0, 0.1) is 0 Å². The van der Waals surface area contributed by atoms with Crippen LogP contribution < -0.4 is 0 Å². The molecule has 0 aromatic carbocycles. The van der Waals surface area contributed by atoms with Gasteiger partial charge in [-0.15, -0.1) is 0 Å². The van der Waals surface area contributed by atoms with Gasteiger partial charge in [0.1, 0.15) is 0 Å². The molecular weight excluding hydrogens is 234 g/mol. The largest absolute Gasteiger partial charge is 0.463 e. The molecule has 1 aliphatic heterocycles. The Balaban J connectivity index is 1.94. The van der Waals surface area contributed by atoms with Crippen molar-refractivity contribution in [1.82, 2.24) is 4.90 Å². The molecule has 0 bridgehead atoms. The summed E-state index contributed by atoms with van der Waals surface area (Å²) in [4.78, 5) is 13.8. The highest BCUT2D eigenvalue weighted by atomic mass is 16.5. The van der Waals surface area contributed by atoms with Crippen molar-refractivity contribution in [2.45, 2.75) is 25.5 Å². The van der Waals surface area contributed by atoms with Gasteiger partial charge in [0, 0.05) is 32.3 Å². The zero-order valence-corrected chi connectivity index (χ0v) is 10.8. The molecular formula is C13H19NO4. The highest BCUT2D eigenvalue weighted by Crippen LogP contribution is 2.19. The van der Waals surface area contributed by atoms with Crippen molar-refractivity contribution in [3.05, 3.63) is 23.7 Å². The number of esters is 1. The topological polar surface area (TPSA) is 51.9 Å². The molecule has 0 radical (unpaired) electrons. The Kier molecular flexibility index (Phi) is 4.38. The lowest BCUT2D eigenvalue weighted by molar-refractivity contribution is 0.0382. The Labute approximate surface area is 107 Å². The zero-order chi connectivity index (χ0) is 13.0. The summed E-state index contributed by atoms with van der Waals surface area (Å²) in [5.74, 6) is -0.104. The molecule has 0 unspecified atom stereocenters. The van der Waals surface area contributed by atoms with E-state index >= 15 is 0 Å². The van der Waals surface area contributed by atoms with Gasteiger partial charge in [0.2, 0.25) is 5.76 Å². The van der Waals surface area contributed by atoms with Crippen molar-refractivity contribution in [3.63, 3.8) is 0 Å². The van der Waals surface area contributed by atoms with Crippen molar-refractivity contribution in [2.75, 3.05) is 27.3 Å². The number of furan rings is 1. The number of methoxy groups -OCH3 is 2. The Morgan fingerprint density at radius 3 is 2.78 bits per heavy atom. The van der Waals surface area contributed by atoms with Gasteiger partial charge >= 0.3 is 5.97 Å². The van der Waals surface area contributed by atoms with E-state index in [2.05, 4.69) is 9.64 Å². The lowest BCUT2D eigenvalue weighted by atomic mass is 10.1. The maximum atomic E-state index is 11.5. The SMILES string of the molecule is COC(=O)c1occc1CN1CCC(OC)CC1. The molecule has 1 aromatic rings. The predicted molar refractivity (Wildman–Crippen MR) is 65.4 cm³/mol. The normalized spacial score (nSPS) is 17.9. The summed E-state index contributed by atoms with van der Waals surface area (Å²) in [6.45, 7) is 2.67. The summed E-state index contributed by atoms with van der Waals surface area (Å²) >= 11 is 0. The van der Waals surface area contributed by atoms with Crippen molar-refractivity contribution < 1.29 is 18.7 Å². The van der Waals surface area contributed by atoms with E-state index in [1.54, 1.807) is 7.11 Å². The van der Waals surface area contributed by atoms with Crippen molar-refractivity contribution >= 4 is 5.97 Å². The molecule has 0 spiro atoms. The number of piperidine rings is 1. The highest BCUT2D eigenvalue weighted by Gasteiger charge is 2.22. The zero-order valence-electron chi connectivity index (χ0n) is 10.8. The minimum atomic E-state index is -0.415. The quantitative estimate of drug-likeness (QED) is 0.764. The standard InChI is InChI=1S/C13H19NO4/c1-16-11-3-6-14(7-4-11)9-10-5-8-18-12(10)13(15)17-2/h5,8,11H,3-4,6-7,9H2,1-2H3. The van der Waals surface area contributed by atoms with Crippen LogP contribution in [0.15, 0.2) is 16.7 Å². The molecule has 2 rings (SSSR count). The molecule has 1 aliphatic rings. The van der Waals surface area contributed by atoms with Gasteiger partial charge in [0.25, 0.3) is 0 Å². The minimum Gasteiger partial charge on any atom is -0.463 e. The maximum Gasteiger partial charge on any atom is 0.374 e. The van der Waals surface area contributed by atoms with Gasteiger partial charge < -0.3 is 13.9 Å². The van der Waals surface area contributed by atoms with E-state index < -0.39 is 5.97 Å². The number of hydrogen-bond acceptors (Lipinski definition) is 5. The smallest absolute Gasteiger partial charge is 0.374 e. The van der Waals surface area contributed by atoms with Crippen LogP contribution in [0.4, 0.5) is 0 Å². The third-order valence-electron chi connectivity index (χ3n) is 3.38. The Morgan fingerprint density at radius 2 is 2.17 bits per heavy atom. The average molecular weight is 253 g/mol. The fourth-order valence-electron chi connectivity index (χ4n) is 2.28. The van der Waals surface area contributed by atoms with Crippen LogP contribution >= 0.6 is 0 Å². The number of likely N-dealkylation sites (tertiary alicyclic amines) is 1. The first-order valence-electron chi connectivity index (χ1n) is 6.14. The first-order chi connectivity index (χ1) is 8.74. The third kappa shape index (κ3) is 2.91. The van der Waals surface area contributed by atoms with E-state index in [1.165, 1.54) is 13.4 Å². The number of carbonyl (C=O) groups is 1. The van der Waals surface area contributed by atoms with Gasteiger partial charge in [-0.05, 0) is 18.9 Å². The second-order valence-electron chi connectivity index (χ2n) is 4.48.